The molecule has 0 heterocycles. The molecule has 0 unspecified atom stereocenters. The summed E-state index contributed by atoms with van der Waals surface area (Å²) in [5, 5.41) is 0. The number of ketones is 1. The van der Waals surface area contributed by atoms with Crippen molar-refractivity contribution in [3.8, 4) is 0 Å². The maximum absolute atomic E-state index is 10.1. The zero-order valence-electron chi connectivity index (χ0n) is 4.62. The Hall–Kier alpha value is -0.410. The fourth-order valence-electron chi connectivity index (χ4n) is 0.213. The molecule has 0 atom stereocenters. The quantitative estimate of drug-likeness (QED) is 0.463. The highest BCUT2D eigenvalue weighted by Crippen LogP contribution is 1.57. The van der Waals surface area contributed by atoms with Crippen molar-refractivity contribution in [1.82, 2.24) is 10.9 Å². The molecule has 0 rings (SSSR count). The number of rotatable bonds is 3. The van der Waals surface area contributed by atoms with Crippen LogP contribution in [0.4, 0.5) is 0 Å². The van der Waals surface area contributed by atoms with Crippen molar-refractivity contribution in [1.29, 1.82) is 0 Å². The summed E-state index contributed by atoms with van der Waals surface area (Å²) in [6, 6.07) is 0. The van der Waals surface area contributed by atoms with Gasteiger partial charge in [0.2, 0.25) is 0 Å². The molecule has 0 saturated carbocycles. The Morgan fingerprint density at radius 1 is 1.71 bits per heavy atom. The first kappa shape index (κ1) is 6.59. The second-order valence-electron chi connectivity index (χ2n) is 1.31. The van der Waals surface area contributed by atoms with Crippen LogP contribution in [-0.2, 0) is 4.79 Å². The van der Waals surface area contributed by atoms with Crippen molar-refractivity contribution >= 4 is 5.78 Å². The normalized spacial score (nSPS) is 8.86. The van der Waals surface area contributed by atoms with Gasteiger partial charge in [0, 0.05) is 0 Å². The minimum absolute atomic E-state index is 0.134. The number of Topliss-reactive ketones (excluding diaryl/α,β-unsaturated/α-hetero) is 1. The molecule has 0 radical (unpaired) electrons. The molecule has 0 aromatic heterocycles. The van der Waals surface area contributed by atoms with E-state index in [0.717, 1.165) is 0 Å². The number of carbonyl (C=O) groups is 1. The highest BCUT2D eigenvalue weighted by Gasteiger charge is 1.84. The number of hydrogen-bond acceptors (Lipinski definition) is 3. The Balaban J connectivity index is 2.82. The van der Waals surface area contributed by atoms with Gasteiger partial charge in [-0.2, -0.15) is 0 Å². The summed E-state index contributed by atoms with van der Waals surface area (Å²) in [4.78, 5) is 10.1. The molecule has 42 valence electrons. The lowest BCUT2D eigenvalue weighted by Crippen LogP contribution is -2.31. The zero-order valence-corrected chi connectivity index (χ0v) is 4.62. The van der Waals surface area contributed by atoms with Crippen molar-refractivity contribution in [2.75, 3.05) is 13.6 Å². The van der Waals surface area contributed by atoms with Crippen LogP contribution in [0.3, 0.4) is 0 Å². The summed E-state index contributed by atoms with van der Waals surface area (Å²) in [6.45, 7) is 1.93. The number of nitrogens with one attached hydrogen (secondary N) is 2. The van der Waals surface area contributed by atoms with Crippen LogP contribution < -0.4 is 10.9 Å². The van der Waals surface area contributed by atoms with Crippen molar-refractivity contribution in [3.63, 3.8) is 0 Å². The molecule has 0 amide bonds. The van der Waals surface area contributed by atoms with E-state index in [0.29, 0.717) is 6.54 Å². The maximum Gasteiger partial charge on any atom is 0.144 e. The molecule has 7 heavy (non-hydrogen) atoms. The second kappa shape index (κ2) is 3.77. The minimum atomic E-state index is 0.134. The molecule has 0 aliphatic heterocycles. The van der Waals surface area contributed by atoms with E-state index in [1.807, 2.05) is 0 Å². The first-order valence-electron chi connectivity index (χ1n) is 2.16. The smallest absolute Gasteiger partial charge is 0.144 e. The van der Waals surface area contributed by atoms with Crippen LogP contribution in [0.1, 0.15) is 6.92 Å². The monoisotopic (exact) mass is 102 g/mol. The van der Waals surface area contributed by atoms with Gasteiger partial charge in [0.15, 0.2) is 0 Å². The van der Waals surface area contributed by atoms with E-state index in [1.54, 1.807) is 7.05 Å². The summed E-state index contributed by atoms with van der Waals surface area (Å²) in [6.07, 6.45) is 0. The first-order chi connectivity index (χ1) is 3.27. The van der Waals surface area contributed by atoms with Gasteiger partial charge in [-0.05, 0) is 14.0 Å². The van der Waals surface area contributed by atoms with Gasteiger partial charge < -0.3 is 0 Å². The third kappa shape index (κ3) is 5.59. The molecule has 0 saturated heterocycles. The largest absolute Gasteiger partial charge is 0.299 e. The third-order valence-corrected chi connectivity index (χ3v) is 0.514. The van der Waals surface area contributed by atoms with Gasteiger partial charge in [0.1, 0.15) is 5.78 Å². The summed E-state index contributed by atoms with van der Waals surface area (Å²) >= 11 is 0. The fraction of sp³-hybridized carbons (Fsp3) is 0.750. The molecule has 0 aromatic carbocycles. The van der Waals surface area contributed by atoms with Crippen molar-refractivity contribution < 1.29 is 4.79 Å². The average Bonchev–Trinajstić information content (AvgIpc) is 1.61. The summed E-state index contributed by atoms with van der Waals surface area (Å²) in [7, 11) is 1.73. The van der Waals surface area contributed by atoms with E-state index in [1.165, 1.54) is 6.92 Å². The molecule has 0 fully saturated rings. The van der Waals surface area contributed by atoms with Crippen LogP contribution in [0.5, 0.6) is 0 Å². The second-order valence-corrected chi connectivity index (χ2v) is 1.31. The van der Waals surface area contributed by atoms with Gasteiger partial charge in [-0.15, -0.1) is 0 Å². The van der Waals surface area contributed by atoms with E-state index in [-0.39, 0.29) is 5.78 Å². The van der Waals surface area contributed by atoms with Gasteiger partial charge >= 0.3 is 0 Å². The first-order valence-corrected chi connectivity index (χ1v) is 2.16. The lowest BCUT2D eigenvalue weighted by atomic mass is 10.5. The number of hydrogen-bond donors (Lipinski definition) is 2. The van der Waals surface area contributed by atoms with Crippen LogP contribution in [-0.4, -0.2) is 19.4 Å². The Kier molecular flexibility index (Phi) is 3.55. The Morgan fingerprint density at radius 3 is 2.43 bits per heavy atom. The zero-order chi connectivity index (χ0) is 5.70. The van der Waals surface area contributed by atoms with Crippen molar-refractivity contribution in [2.24, 2.45) is 0 Å². The third-order valence-electron chi connectivity index (χ3n) is 0.514. The molecular formula is C4H10N2O. The molecular weight excluding hydrogens is 92.1 g/mol. The molecule has 0 aromatic rings. The summed E-state index contributed by atoms with van der Waals surface area (Å²) in [5.41, 5.74) is 5.28. The SMILES string of the molecule is CNNCC(C)=O. The lowest BCUT2D eigenvalue weighted by molar-refractivity contribution is -0.116. The number of carbonyl (C=O) groups excluding carboxylic acids is 1. The summed E-state index contributed by atoms with van der Waals surface area (Å²) < 4.78 is 0. The predicted molar refractivity (Wildman–Crippen MR) is 27.7 cm³/mol. The Morgan fingerprint density at radius 2 is 2.29 bits per heavy atom. The highest BCUT2D eigenvalue weighted by atomic mass is 16.1. The van der Waals surface area contributed by atoms with E-state index >= 15 is 0 Å². The molecule has 0 bridgehead atoms. The Labute approximate surface area is 43.1 Å². The Bertz CT molecular complexity index is 62.7. The van der Waals surface area contributed by atoms with Gasteiger partial charge in [0.25, 0.3) is 0 Å². The topological polar surface area (TPSA) is 41.1 Å². The van der Waals surface area contributed by atoms with Gasteiger partial charge in [-0.3, -0.25) is 15.6 Å². The van der Waals surface area contributed by atoms with E-state index in [4.69, 9.17) is 0 Å². The van der Waals surface area contributed by atoms with E-state index in [9.17, 15) is 4.79 Å². The van der Waals surface area contributed by atoms with Crippen LogP contribution in [0, 0.1) is 0 Å². The van der Waals surface area contributed by atoms with Crippen molar-refractivity contribution in [3.05, 3.63) is 0 Å². The van der Waals surface area contributed by atoms with Crippen molar-refractivity contribution in [2.45, 2.75) is 6.92 Å². The molecule has 2 N–H and O–H groups in total. The summed E-state index contributed by atoms with van der Waals surface area (Å²) in [5.74, 6) is 0.134. The fourth-order valence-corrected chi connectivity index (χ4v) is 0.213. The lowest BCUT2D eigenvalue weighted by Gasteiger charge is -1.94. The molecule has 0 aliphatic rings. The minimum Gasteiger partial charge on any atom is -0.299 e. The van der Waals surface area contributed by atoms with Crippen LogP contribution >= 0.6 is 0 Å². The van der Waals surface area contributed by atoms with Crippen LogP contribution in [0.2, 0.25) is 0 Å². The van der Waals surface area contributed by atoms with Crippen LogP contribution in [0.25, 0.3) is 0 Å². The standard InChI is InChI=1S/C4H10N2O/c1-4(7)3-6-5-2/h5-6H,3H2,1-2H3. The number of hydrazine groups is 1. The molecule has 0 spiro atoms. The highest BCUT2D eigenvalue weighted by molar-refractivity contribution is 5.77. The predicted octanol–water partition coefficient (Wildman–Crippen LogP) is -0.701. The molecule has 3 nitrogen and oxygen atoms in total. The van der Waals surface area contributed by atoms with E-state index in [2.05, 4.69) is 10.9 Å². The molecule has 0 aliphatic carbocycles. The van der Waals surface area contributed by atoms with Gasteiger partial charge in [0.05, 0.1) is 6.54 Å². The maximum atomic E-state index is 10.1. The van der Waals surface area contributed by atoms with Gasteiger partial charge in [-0.1, -0.05) is 0 Å². The van der Waals surface area contributed by atoms with Crippen LogP contribution in [0.15, 0.2) is 0 Å². The molecule has 3 heteroatoms. The van der Waals surface area contributed by atoms with E-state index < -0.39 is 0 Å². The average molecular weight is 102 g/mol. The van der Waals surface area contributed by atoms with Gasteiger partial charge in [-0.25, -0.2) is 0 Å².